The predicted molar refractivity (Wildman–Crippen MR) is 238 cm³/mol. The van der Waals surface area contributed by atoms with Gasteiger partial charge in [0, 0.05) is 53.7 Å². The molecule has 3 unspecified atom stereocenters. The van der Waals surface area contributed by atoms with Crippen LogP contribution in [0.4, 0.5) is 17.1 Å². The Labute approximate surface area is 332 Å². The number of aromatic nitrogens is 1. The second kappa shape index (κ2) is 12.4. The van der Waals surface area contributed by atoms with E-state index in [9.17, 15) is 0 Å². The van der Waals surface area contributed by atoms with Crippen molar-refractivity contribution in [2.75, 3.05) is 4.90 Å². The zero-order valence-corrected chi connectivity index (χ0v) is 32.6. The zero-order valence-electron chi connectivity index (χ0n) is 31.7. The van der Waals surface area contributed by atoms with Gasteiger partial charge in [-0.1, -0.05) is 97.9 Å². The maximum absolute atomic E-state index is 2.51. The highest BCUT2D eigenvalue weighted by atomic mass is 32.1. The number of benzene rings is 7. The first kappa shape index (κ1) is 32.6. The van der Waals surface area contributed by atoms with Gasteiger partial charge in [0.25, 0.3) is 0 Å². The van der Waals surface area contributed by atoms with Crippen molar-refractivity contribution in [2.24, 2.45) is 23.7 Å². The van der Waals surface area contributed by atoms with Crippen molar-refractivity contribution < 1.29 is 0 Å². The molecule has 2 bridgehead atoms. The molecule has 272 valence electrons. The van der Waals surface area contributed by atoms with Crippen LogP contribution in [0.3, 0.4) is 0 Å². The molecule has 2 nitrogen and oxygen atoms in total. The van der Waals surface area contributed by atoms with Crippen molar-refractivity contribution in [3.05, 3.63) is 169 Å². The second-order valence-corrected chi connectivity index (χ2v) is 18.4. The van der Waals surface area contributed by atoms with Crippen LogP contribution in [-0.4, -0.2) is 4.57 Å². The fourth-order valence-electron chi connectivity index (χ4n) is 11.7. The summed E-state index contributed by atoms with van der Waals surface area (Å²) < 4.78 is 5.08. The summed E-state index contributed by atoms with van der Waals surface area (Å²) in [6.45, 7) is 2.51. The van der Waals surface area contributed by atoms with Gasteiger partial charge in [0.05, 0.1) is 11.0 Å². The highest BCUT2D eigenvalue weighted by molar-refractivity contribution is 7.25. The molecule has 0 spiro atoms. The van der Waals surface area contributed by atoms with E-state index in [4.69, 9.17) is 0 Å². The Kier molecular flexibility index (Phi) is 7.23. The molecule has 3 aliphatic rings. The largest absolute Gasteiger partial charge is 0.310 e. The van der Waals surface area contributed by atoms with Crippen LogP contribution in [0, 0.1) is 23.7 Å². The number of rotatable bonds is 6. The molecule has 0 aliphatic heterocycles. The van der Waals surface area contributed by atoms with E-state index >= 15 is 0 Å². The first-order chi connectivity index (χ1) is 27.6. The van der Waals surface area contributed by atoms with E-state index in [-0.39, 0.29) is 0 Å². The molecule has 3 heteroatoms. The molecular formula is C53H44N2S. The molecular weight excluding hydrogens is 697 g/mol. The van der Waals surface area contributed by atoms with Gasteiger partial charge in [-0.05, 0) is 151 Å². The molecule has 2 heterocycles. The quantitative estimate of drug-likeness (QED) is 0.165. The van der Waals surface area contributed by atoms with E-state index < -0.39 is 0 Å². The molecule has 2 aromatic heterocycles. The third-order valence-electron chi connectivity index (χ3n) is 14.0. The topological polar surface area (TPSA) is 8.17 Å². The Morgan fingerprint density at radius 3 is 1.95 bits per heavy atom. The molecule has 3 fully saturated rings. The smallest absolute Gasteiger partial charge is 0.0541 e. The van der Waals surface area contributed by atoms with E-state index in [2.05, 4.69) is 180 Å². The van der Waals surface area contributed by atoms with Crippen molar-refractivity contribution in [1.29, 1.82) is 0 Å². The number of fused-ring (bicyclic) bond motifs is 7. The Balaban J connectivity index is 0.941. The van der Waals surface area contributed by atoms with E-state index in [0.717, 1.165) is 23.7 Å². The molecule has 12 rings (SSSR count). The van der Waals surface area contributed by atoms with Crippen LogP contribution in [0.2, 0.25) is 0 Å². The fourth-order valence-corrected chi connectivity index (χ4v) is 12.8. The Morgan fingerprint density at radius 1 is 0.518 bits per heavy atom. The lowest BCUT2D eigenvalue weighted by molar-refractivity contribution is 0.0780. The Bertz CT molecular complexity index is 2890. The van der Waals surface area contributed by atoms with Gasteiger partial charge in [0.15, 0.2) is 0 Å². The minimum Gasteiger partial charge on any atom is -0.310 e. The van der Waals surface area contributed by atoms with Gasteiger partial charge < -0.3 is 9.47 Å². The molecule has 56 heavy (non-hydrogen) atoms. The summed E-state index contributed by atoms with van der Waals surface area (Å²) in [4.78, 5) is 2.47. The van der Waals surface area contributed by atoms with Gasteiger partial charge in [-0.15, -0.1) is 11.3 Å². The molecule has 5 atom stereocenters. The molecule has 0 amide bonds. The van der Waals surface area contributed by atoms with Crippen LogP contribution in [0.15, 0.2) is 164 Å². The summed E-state index contributed by atoms with van der Waals surface area (Å²) in [7, 11) is 0. The second-order valence-electron chi connectivity index (χ2n) is 17.3. The highest BCUT2D eigenvalue weighted by Gasteiger charge is 2.57. The van der Waals surface area contributed by atoms with Crippen molar-refractivity contribution in [3.63, 3.8) is 0 Å². The molecule has 3 aliphatic carbocycles. The summed E-state index contributed by atoms with van der Waals surface area (Å²) in [6.07, 6.45) is 7.05. The van der Waals surface area contributed by atoms with Crippen molar-refractivity contribution >= 4 is 70.4 Å². The number of hydrogen-bond donors (Lipinski definition) is 0. The van der Waals surface area contributed by atoms with Gasteiger partial charge in [0.1, 0.15) is 0 Å². The minimum atomic E-state index is 0.354. The van der Waals surface area contributed by atoms with Gasteiger partial charge in [0.2, 0.25) is 0 Å². The molecule has 7 aromatic carbocycles. The number of thiophene rings is 1. The predicted octanol–water partition coefficient (Wildman–Crippen LogP) is 15.0. The van der Waals surface area contributed by atoms with E-state index in [0.29, 0.717) is 5.41 Å². The van der Waals surface area contributed by atoms with E-state index in [1.54, 1.807) is 5.56 Å². The first-order valence-electron chi connectivity index (χ1n) is 20.6. The molecule has 3 saturated carbocycles. The van der Waals surface area contributed by atoms with Crippen LogP contribution in [-0.2, 0) is 5.41 Å². The molecule has 9 aromatic rings. The number of para-hydroxylation sites is 2. The zero-order chi connectivity index (χ0) is 37.0. The minimum absolute atomic E-state index is 0.354. The number of anilines is 3. The van der Waals surface area contributed by atoms with Crippen LogP contribution < -0.4 is 4.90 Å². The Morgan fingerprint density at radius 2 is 1.18 bits per heavy atom. The molecule has 0 N–H and O–H groups in total. The maximum atomic E-state index is 2.51. The van der Waals surface area contributed by atoms with Gasteiger partial charge in [-0.25, -0.2) is 0 Å². The van der Waals surface area contributed by atoms with Crippen LogP contribution in [0.1, 0.15) is 44.6 Å². The average molecular weight is 741 g/mol. The monoisotopic (exact) mass is 740 g/mol. The molecule has 0 radical (unpaired) electrons. The van der Waals surface area contributed by atoms with Crippen molar-refractivity contribution in [3.8, 4) is 16.8 Å². The van der Waals surface area contributed by atoms with Gasteiger partial charge >= 0.3 is 0 Å². The number of hydrogen-bond acceptors (Lipinski definition) is 2. The highest BCUT2D eigenvalue weighted by Crippen LogP contribution is 2.65. The first-order valence-corrected chi connectivity index (χ1v) is 21.4. The van der Waals surface area contributed by atoms with Crippen LogP contribution in [0.25, 0.3) is 58.8 Å². The third kappa shape index (κ3) is 5.00. The van der Waals surface area contributed by atoms with Crippen molar-refractivity contribution in [1.82, 2.24) is 4.57 Å². The van der Waals surface area contributed by atoms with Gasteiger partial charge in [-0.2, -0.15) is 0 Å². The normalized spacial score (nSPS) is 22.8. The molecule has 0 saturated heterocycles. The lowest BCUT2D eigenvalue weighted by Crippen LogP contribution is -2.34. The van der Waals surface area contributed by atoms with Gasteiger partial charge in [-0.3, -0.25) is 0 Å². The Hall–Kier alpha value is -5.64. The SMILES string of the molecule is C[C@H]1CC2CC3CC(c4ccc(N(c5ccc(-c6cccc(-n7c8ccccc8c8ccccc87)c6)cc5)c5ccc6sc7ccccc7c6c5)cc4)(C1)C[C@H]23. The lowest BCUT2D eigenvalue weighted by Gasteiger charge is -2.42. The summed E-state index contributed by atoms with van der Waals surface area (Å²) in [5.74, 6) is 3.72. The summed E-state index contributed by atoms with van der Waals surface area (Å²) >= 11 is 1.88. The summed E-state index contributed by atoms with van der Waals surface area (Å²) in [5, 5.41) is 5.23. The summed E-state index contributed by atoms with van der Waals surface area (Å²) in [6, 6.07) is 61.4. The van der Waals surface area contributed by atoms with E-state index in [1.165, 1.54) is 108 Å². The maximum Gasteiger partial charge on any atom is 0.0541 e. The third-order valence-corrected chi connectivity index (χ3v) is 15.2. The van der Waals surface area contributed by atoms with Crippen LogP contribution >= 0.6 is 11.3 Å². The summed E-state index contributed by atoms with van der Waals surface area (Å²) in [5.41, 5.74) is 11.6. The van der Waals surface area contributed by atoms with Crippen LogP contribution in [0.5, 0.6) is 0 Å². The fraction of sp³-hybridized carbons (Fsp3) is 0.208. The standard InChI is InChI=1S/C53H44N2S/c1-34-27-37-28-38-32-53(31-34,33-48(37)38)39-19-23-41(24-20-39)54(43-25-26-52-47(30-43)46-13-4-7-16-51(46)56-52)40-21-17-35(18-22-40)36-9-8-10-42(29-36)55-49-14-5-2-11-44(49)45-12-3-6-15-50(45)55/h2-26,29-30,34,37-38,48H,27-28,31-33H2,1H3/t34-,37?,38?,48+,53?/m0/s1. The number of nitrogens with zero attached hydrogens (tertiary/aromatic N) is 2. The van der Waals surface area contributed by atoms with Crippen molar-refractivity contribution in [2.45, 2.75) is 44.4 Å². The lowest BCUT2D eigenvalue weighted by atomic mass is 9.63. The van der Waals surface area contributed by atoms with E-state index in [1.807, 2.05) is 11.3 Å². The average Bonchev–Trinajstić information content (AvgIpc) is 3.85.